The molecule has 3 rings (SSSR count). The molecule has 0 aliphatic carbocycles. The molecule has 1 amide bonds. The molecule has 4 N–H and O–H groups in total. The number of carboxylic acids is 1. The number of nitrogens with zero attached hydrogens (tertiary/aromatic N) is 1. The number of hydrazine groups is 1. The number of nitrogens with two attached hydrogens (primary N) is 1. The van der Waals surface area contributed by atoms with Gasteiger partial charge in [-0.05, 0) is 47.6 Å². The fraction of sp³-hybridized carbons (Fsp3) is 0.263. The Morgan fingerprint density at radius 3 is 2.52 bits per heavy atom. The highest BCUT2D eigenvalue weighted by Crippen LogP contribution is 2.44. The molecule has 142 valence electrons. The maximum absolute atomic E-state index is 11.8. The van der Waals surface area contributed by atoms with Crippen molar-refractivity contribution in [2.75, 3.05) is 5.01 Å². The van der Waals surface area contributed by atoms with Crippen molar-refractivity contribution in [3.05, 3.63) is 63.1 Å². The highest BCUT2D eigenvalue weighted by atomic mass is 35.5. The quantitative estimate of drug-likeness (QED) is 0.639. The third-order valence-corrected chi connectivity index (χ3v) is 5.31. The molecule has 2 aromatic rings. The molecular formula is C19H19Cl2N3O3. The summed E-state index contributed by atoms with van der Waals surface area (Å²) < 4.78 is 0. The molecule has 2 atom stereocenters. The van der Waals surface area contributed by atoms with Gasteiger partial charge in [0.25, 0.3) is 0 Å². The Morgan fingerprint density at radius 1 is 1.26 bits per heavy atom. The van der Waals surface area contributed by atoms with E-state index < -0.39 is 12.0 Å². The highest BCUT2D eigenvalue weighted by Gasteiger charge is 2.38. The standard InChI is InChI=1S/C19H19Cl2N3O3/c20-14-7-15(21)18-13(5-11-1-3-12(9-22)4-2-11)6-17(19(26)27)24(23-10-25)16(18)8-14/h1-4,7-8,10,13,17H,5-6,9,22H2,(H,23,25)(H,26,27)/t13-,17+/m1/s1. The number of halogens is 2. The number of carboxylic acid groups (broad SMARTS) is 1. The Morgan fingerprint density at radius 2 is 1.93 bits per heavy atom. The van der Waals surface area contributed by atoms with E-state index in [0.717, 1.165) is 16.7 Å². The molecule has 0 saturated heterocycles. The van der Waals surface area contributed by atoms with Crippen LogP contribution in [0.25, 0.3) is 0 Å². The van der Waals surface area contributed by atoms with Crippen molar-refractivity contribution >= 4 is 41.3 Å². The molecule has 1 heterocycles. The summed E-state index contributed by atoms with van der Waals surface area (Å²) >= 11 is 12.6. The average molecular weight is 408 g/mol. The van der Waals surface area contributed by atoms with Crippen molar-refractivity contribution in [1.82, 2.24) is 5.43 Å². The minimum Gasteiger partial charge on any atom is -0.480 e. The Balaban J connectivity index is 2.04. The van der Waals surface area contributed by atoms with Crippen LogP contribution in [0.15, 0.2) is 36.4 Å². The van der Waals surface area contributed by atoms with E-state index in [2.05, 4.69) is 5.43 Å². The molecule has 8 heteroatoms. The van der Waals surface area contributed by atoms with Crippen LogP contribution < -0.4 is 16.2 Å². The summed E-state index contributed by atoms with van der Waals surface area (Å²) in [7, 11) is 0. The van der Waals surface area contributed by atoms with Gasteiger partial charge in [0.15, 0.2) is 0 Å². The van der Waals surface area contributed by atoms with Crippen molar-refractivity contribution in [3.63, 3.8) is 0 Å². The SMILES string of the molecule is NCc1ccc(C[C@@H]2C[C@@H](C(=O)O)N(NC=O)c3cc(Cl)cc(Cl)c32)cc1. The van der Waals surface area contributed by atoms with Crippen LogP contribution in [0.4, 0.5) is 5.69 Å². The van der Waals surface area contributed by atoms with E-state index in [1.165, 1.54) is 5.01 Å². The fourth-order valence-electron chi connectivity index (χ4n) is 3.54. The second kappa shape index (κ2) is 8.17. The molecule has 1 aliphatic rings. The van der Waals surface area contributed by atoms with Gasteiger partial charge in [-0.3, -0.25) is 15.2 Å². The van der Waals surface area contributed by atoms with Gasteiger partial charge in [0.2, 0.25) is 6.41 Å². The minimum absolute atomic E-state index is 0.140. The number of hydrogen-bond acceptors (Lipinski definition) is 4. The Hall–Kier alpha value is -2.28. The van der Waals surface area contributed by atoms with Crippen LogP contribution in [0.1, 0.15) is 29.0 Å². The third-order valence-electron chi connectivity index (χ3n) is 4.78. The number of hydrogen-bond donors (Lipinski definition) is 3. The molecular weight excluding hydrogens is 389 g/mol. The average Bonchev–Trinajstić information content (AvgIpc) is 2.63. The molecule has 0 aromatic heterocycles. The normalized spacial score (nSPS) is 18.7. The predicted molar refractivity (Wildman–Crippen MR) is 105 cm³/mol. The summed E-state index contributed by atoms with van der Waals surface area (Å²) in [4.78, 5) is 22.9. The number of anilines is 1. The lowest BCUT2D eigenvalue weighted by atomic mass is 9.82. The fourth-order valence-corrected chi connectivity index (χ4v) is 4.18. The second-order valence-corrected chi connectivity index (χ2v) is 7.29. The molecule has 6 nitrogen and oxygen atoms in total. The van der Waals surface area contributed by atoms with Gasteiger partial charge in [0.1, 0.15) is 6.04 Å². The smallest absolute Gasteiger partial charge is 0.328 e. The van der Waals surface area contributed by atoms with Crippen LogP contribution in [0.3, 0.4) is 0 Å². The summed E-state index contributed by atoms with van der Waals surface area (Å²) in [6, 6.07) is 10.2. The zero-order valence-corrected chi connectivity index (χ0v) is 15.9. The number of fused-ring (bicyclic) bond motifs is 1. The third kappa shape index (κ3) is 4.03. The number of carbonyl (C=O) groups is 2. The van der Waals surface area contributed by atoms with E-state index in [-0.39, 0.29) is 5.92 Å². The zero-order valence-electron chi connectivity index (χ0n) is 14.4. The molecule has 1 aliphatic heterocycles. The number of amides is 1. The van der Waals surface area contributed by atoms with E-state index >= 15 is 0 Å². The van der Waals surface area contributed by atoms with E-state index in [9.17, 15) is 14.7 Å². The van der Waals surface area contributed by atoms with Crippen molar-refractivity contribution in [3.8, 4) is 0 Å². The van der Waals surface area contributed by atoms with Crippen LogP contribution in [0, 0.1) is 0 Å². The molecule has 0 fully saturated rings. The maximum atomic E-state index is 11.8. The Kier molecular flexibility index (Phi) is 5.89. The van der Waals surface area contributed by atoms with E-state index in [1.807, 2.05) is 24.3 Å². The first kappa shape index (κ1) is 19.5. The van der Waals surface area contributed by atoms with Gasteiger partial charge >= 0.3 is 5.97 Å². The maximum Gasteiger partial charge on any atom is 0.328 e. The Labute approximate surface area is 166 Å². The first-order valence-corrected chi connectivity index (χ1v) is 9.18. The van der Waals surface area contributed by atoms with Gasteiger partial charge in [0.05, 0.1) is 5.69 Å². The highest BCUT2D eigenvalue weighted by molar-refractivity contribution is 6.35. The van der Waals surface area contributed by atoms with Crippen LogP contribution in [0.2, 0.25) is 10.0 Å². The number of benzene rings is 2. The summed E-state index contributed by atoms with van der Waals surface area (Å²) in [6.45, 7) is 0.463. The molecule has 0 unspecified atom stereocenters. The summed E-state index contributed by atoms with van der Waals surface area (Å²) in [6.07, 6.45) is 1.35. The van der Waals surface area contributed by atoms with Crippen molar-refractivity contribution in [2.45, 2.75) is 31.3 Å². The monoisotopic (exact) mass is 407 g/mol. The summed E-state index contributed by atoms with van der Waals surface area (Å²) in [5, 5.41) is 11.8. The van der Waals surface area contributed by atoms with Gasteiger partial charge in [-0.15, -0.1) is 0 Å². The van der Waals surface area contributed by atoms with Crippen LogP contribution in [-0.2, 0) is 22.6 Å². The van der Waals surface area contributed by atoms with Gasteiger partial charge in [-0.2, -0.15) is 0 Å². The van der Waals surface area contributed by atoms with Gasteiger partial charge in [-0.1, -0.05) is 47.5 Å². The minimum atomic E-state index is -1.03. The summed E-state index contributed by atoms with van der Waals surface area (Å²) in [5.41, 5.74) is 11.5. The molecule has 27 heavy (non-hydrogen) atoms. The Bertz CT molecular complexity index is 858. The van der Waals surface area contributed by atoms with Gasteiger partial charge in [0, 0.05) is 16.6 Å². The van der Waals surface area contributed by atoms with Crippen LogP contribution in [0.5, 0.6) is 0 Å². The zero-order chi connectivity index (χ0) is 19.6. The summed E-state index contributed by atoms with van der Waals surface area (Å²) in [5.74, 6) is -1.17. The molecule has 0 spiro atoms. The first-order valence-electron chi connectivity index (χ1n) is 8.43. The topological polar surface area (TPSA) is 95.7 Å². The number of nitrogens with one attached hydrogen (secondary N) is 1. The van der Waals surface area contributed by atoms with Gasteiger partial charge < -0.3 is 10.8 Å². The van der Waals surface area contributed by atoms with Crippen LogP contribution >= 0.6 is 23.2 Å². The van der Waals surface area contributed by atoms with E-state index in [0.29, 0.717) is 41.5 Å². The number of rotatable bonds is 6. The molecule has 2 aromatic carbocycles. The molecule has 0 saturated carbocycles. The number of aliphatic carboxylic acids is 1. The first-order chi connectivity index (χ1) is 12.9. The lowest BCUT2D eigenvalue weighted by molar-refractivity contribution is -0.139. The molecule has 0 radical (unpaired) electrons. The second-order valence-electron chi connectivity index (χ2n) is 6.45. The van der Waals surface area contributed by atoms with Crippen molar-refractivity contribution in [1.29, 1.82) is 0 Å². The van der Waals surface area contributed by atoms with Gasteiger partial charge in [-0.25, -0.2) is 4.79 Å². The number of carbonyl (C=O) groups excluding carboxylic acids is 1. The lowest BCUT2D eigenvalue weighted by Crippen LogP contribution is -2.53. The van der Waals surface area contributed by atoms with Crippen molar-refractivity contribution < 1.29 is 14.7 Å². The largest absolute Gasteiger partial charge is 0.480 e. The molecule has 0 bridgehead atoms. The van der Waals surface area contributed by atoms with E-state index in [1.54, 1.807) is 12.1 Å². The lowest BCUT2D eigenvalue weighted by Gasteiger charge is -2.39. The van der Waals surface area contributed by atoms with Crippen molar-refractivity contribution in [2.24, 2.45) is 5.73 Å². The van der Waals surface area contributed by atoms with Crippen LogP contribution in [-0.4, -0.2) is 23.5 Å². The van der Waals surface area contributed by atoms with E-state index in [4.69, 9.17) is 28.9 Å². The predicted octanol–water partition coefficient (Wildman–Crippen LogP) is 3.10.